The molecule has 0 heterocycles. The van der Waals surface area contributed by atoms with Crippen LogP contribution < -0.4 is 11.1 Å². The monoisotopic (exact) mass is 422 g/mol. The van der Waals surface area contributed by atoms with Gasteiger partial charge in [-0.1, -0.05) is 0 Å². The molecule has 2 atom stereocenters. The second kappa shape index (κ2) is 9.45. The molecule has 0 aromatic rings. The number of carbonyl (C=O) groups is 4. The van der Waals surface area contributed by atoms with Crippen LogP contribution >= 0.6 is 0 Å². The molecule has 4 rings (SSSR count). The molecule has 1 amide bonds. The number of ketones is 1. The van der Waals surface area contributed by atoms with E-state index < -0.39 is 29.7 Å². The molecule has 4 aliphatic rings. The van der Waals surface area contributed by atoms with E-state index in [1.54, 1.807) is 0 Å². The van der Waals surface area contributed by atoms with Crippen LogP contribution in [0.5, 0.6) is 0 Å². The zero-order valence-corrected chi connectivity index (χ0v) is 17.5. The molecule has 0 radical (unpaired) electrons. The van der Waals surface area contributed by atoms with Crippen LogP contribution in [-0.4, -0.2) is 46.4 Å². The molecular formula is C22H34N2O6. The number of carboxylic acid groups (broad SMARTS) is 2. The fraction of sp³-hybridized carbons (Fsp3) is 0.818. The molecule has 4 bridgehead atoms. The largest absolute Gasteiger partial charge is 0.481 e. The van der Waals surface area contributed by atoms with Crippen LogP contribution in [0.4, 0.5) is 0 Å². The molecule has 0 unspecified atom stereocenters. The summed E-state index contributed by atoms with van der Waals surface area (Å²) in [6, 6.07) is -0.954. The van der Waals surface area contributed by atoms with Crippen molar-refractivity contribution in [3.05, 3.63) is 0 Å². The third-order valence-corrected chi connectivity index (χ3v) is 7.41. The number of hydrogen-bond acceptors (Lipinski definition) is 5. The van der Waals surface area contributed by atoms with Crippen LogP contribution in [0, 0.1) is 29.1 Å². The lowest BCUT2D eigenvalue weighted by Gasteiger charge is -2.57. The molecule has 0 aliphatic heterocycles. The summed E-state index contributed by atoms with van der Waals surface area (Å²) in [5.41, 5.74) is 5.94. The molecule has 0 saturated heterocycles. The fourth-order valence-corrected chi connectivity index (χ4v) is 6.38. The van der Waals surface area contributed by atoms with Gasteiger partial charge >= 0.3 is 11.9 Å². The Bertz CT molecular complexity index is 656. The van der Waals surface area contributed by atoms with Crippen molar-refractivity contribution in [3.63, 3.8) is 0 Å². The van der Waals surface area contributed by atoms with E-state index in [2.05, 4.69) is 5.32 Å². The van der Waals surface area contributed by atoms with Crippen molar-refractivity contribution < 1.29 is 29.4 Å². The summed E-state index contributed by atoms with van der Waals surface area (Å²) in [4.78, 5) is 47.0. The van der Waals surface area contributed by atoms with Gasteiger partial charge < -0.3 is 21.3 Å². The van der Waals surface area contributed by atoms with E-state index in [4.69, 9.17) is 15.9 Å². The number of amides is 1. The highest BCUT2D eigenvalue weighted by Gasteiger charge is 2.50. The predicted octanol–water partition coefficient (Wildman–Crippen LogP) is 1.95. The van der Waals surface area contributed by atoms with Crippen molar-refractivity contribution in [1.29, 1.82) is 0 Å². The minimum Gasteiger partial charge on any atom is -0.481 e. The van der Waals surface area contributed by atoms with E-state index >= 15 is 0 Å². The Balaban J connectivity index is 1.56. The van der Waals surface area contributed by atoms with E-state index in [-0.39, 0.29) is 43.4 Å². The van der Waals surface area contributed by atoms with Crippen molar-refractivity contribution in [1.82, 2.24) is 5.32 Å². The van der Waals surface area contributed by atoms with Gasteiger partial charge in [0.05, 0.1) is 6.04 Å². The minimum absolute atomic E-state index is 0.00864. The number of nitrogens with one attached hydrogen (secondary N) is 1. The summed E-state index contributed by atoms with van der Waals surface area (Å²) in [5.74, 6) is -1.18. The summed E-state index contributed by atoms with van der Waals surface area (Å²) in [6.07, 6.45) is 6.91. The number of hydrogen-bond donors (Lipinski definition) is 4. The summed E-state index contributed by atoms with van der Waals surface area (Å²) in [7, 11) is 0. The van der Waals surface area contributed by atoms with Gasteiger partial charge in [-0.2, -0.15) is 0 Å². The highest BCUT2D eigenvalue weighted by Crippen LogP contribution is 2.59. The van der Waals surface area contributed by atoms with Crippen molar-refractivity contribution >= 4 is 23.6 Å². The van der Waals surface area contributed by atoms with E-state index in [1.165, 1.54) is 19.3 Å². The van der Waals surface area contributed by atoms with Crippen LogP contribution in [0.15, 0.2) is 0 Å². The lowest BCUT2D eigenvalue weighted by molar-refractivity contribution is -0.139. The standard InChI is InChI=1S/C22H34N2O6/c23-17(2-4-20(28)29)18(25)8-16(1-3-19(26)27)21(30)24-12-22-9-13-5-14(10-22)7-15(6-13)11-22/h13-17H,1-12,23H2,(H,24,30)(H,26,27)(H,28,29)/t13?,14?,15?,16-,17+,22?/m1/s1. The molecule has 0 spiro atoms. The highest BCUT2D eigenvalue weighted by atomic mass is 16.4. The number of aliphatic carboxylic acids is 2. The Morgan fingerprint density at radius 1 is 0.900 bits per heavy atom. The zero-order chi connectivity index (χ0) is 21.9. The Hall–Kier alpha value is -1.96. The Labute approximate surface area is 177 Å². The van der Waals surface area contributed by atoms with Crippen LogP contribution in [0.1, 0.15) is 70.6 Å². The Morgan fingerprint density at radius 3 is 1.90 bits per heavy atom. The third-order valence-electron chi connectivity index (χ3n) is 7.41. The maximum absolute atomic E-state index is 12.9. The average Bonchev–Trinajstić information content (AvgIpc) is 2.66. The number of carboxylic acids is 2. The first kappa shape index (κ1) is 22.7. The smallest absolute Gasteiger partial charge is 0.303 e. The van der Waals surface area contributed by atoms with E-state index in [0.29, 0.717) is 6.54 Å². The first-order valence-corrected chi connectivity index (χ1v) is 11.2. The molecule has 4 aliphatic carbocycles. The van der Waals surface area contributed by atoms with E-state index in [1.807, 2.05) is 0 Å². The third kappa shape index (κ3) is 5.80. The van der Waals surface area contributed by atoms with Crippen LogP contribution in [0.25, 0.3) is 0 Å². The Morgan fingerprint density at radius 2 is 1.40 bits per heavy atom. The summed E-state index contributed by atoms with van der Waals surface area (Å²) >= 11 is 0. The number of nitrogens with two attached hydrogens (primary N) is 1. The maximum Gasteiger partial charge on any atom is 0.303 e. The average molecular weight is 423 g/mol. The second-order valence-electron chi connectivity index (χ2n) is 9.97. The summed E-state index contributed by atoms with van der Waals surface area (Å²) in [6.45, 7) is 0.595. The molecular weight excluding hydrogens is 388 g/mol. The molecule has 8 nitrogen and oxygen atoms in total. The lowest BCUT2D eigenvalue weighted by atomic mass is 9.49. The van der Waals surface area contributed by atoms with Gasteiger partial charge in [0.25, 0.3) is 0 Å². The first-order chi connectivity index (χ1) is 14.2. The molecule has 5 N–H and O–H groups in total. The van der Waals surface area contributed by atoms with Crippen molar-refractivity contribution in [3.8, 4) is 0 Å². The zero-order valence-electron chi connectivity index (χ0n) is 17.5. The van der Waals surface area contributed by atoms with Gasteiger partial charge in [-0.15, -0.1) is 0 Å². The van der Waals surface area contributed by atoms with Gasteiger partial charge in [-0.3, -0.25) is 19.2 Å². The quantitative estimate of drug-likeness (QED) is 0.376. The first-order valence-electron chi connectivity index (χ1n) is 11.2. The normalized spacial score (nSPS) is 31.2. The number of Topliss-reactive ketones (excluding diaryl/α,β-unsaturated/α-hetero) is 1. The van der Waals surface area contributed by atoms with Gasteiger partial charge in [0.15, 0.2) is 0 Å². The van der Waals surface area contributed by atoms with Gasteiger partial charge in [-0.05, 0) is 74.5 Å². The second-order valence-corrected chi connectivity index (χ2v) is 9.97. The van der Waals surface area contributed by atoms with Crippen LogP contribution in [-0.2, 0) is 19.2 Å². The molecule has 0 aromatic carbocycles. The van der Waals surface area contributed by atoms with Crippen molar-refractivity contribution in [2.24, 2.45) is 34.8 Å². The van der Waals surface area contributed by atoms with Crippen molar-refractivity contribution in [2.45, 2.75) is 76.7 Å². The number of rotatable bonds is 12. The van der Waals surface area contributed by atoms with Crippen LogP contribution in [0.2, 0.25) is 0 Å². The van der Waals surface area contributed by atoms with Crippen LogP contribution in [0.3, 0.4) is 0 Å². The molecule has 8 heteroatoms. The molecule has 4 saturated carbocycles. The van der Waals surface area contributed by atoms with Gasteiger partial charge in [0.1, 0.15) is 5.78 Å². The van der Waals surface area contributed by atoms with E-state index in [9.17, 15) is 19.2 Å². The molecule has 0 aromatic heterocycles. The predicted molar refractivity (Wildman–Crippen MR) is 108 cm³/mol. The topological polar surface area (TPSA) is 147 Å². The van der Waals surface area contributed by atoms with Gasteiger partial charge in [-0.25, -0.2) is 0 Å². The highest BCUT2D eigenvalue weighted by molar-refractivity contribution is 5.90. The minimum atomic E-state index is -1.03. The molecule has 4 fully saturated rings. The SMILES string of the molecule is N[C@@H](CCC(=O)O)C(=O)C[C@@H](CCC(=O)O)C(=O)NCC12CC3CC(CC(C3)C1)C2. The summed E-state index contributed by atoms with van der Waals surface area (Å²) in [5, 5.41) is 20.8. The van der Waals surface area contributed by atoms with Gasteiger partial charge in [0.2, 0.25) is 5.91 Å². The lowest BCUT2D eigenvalue weighted by Crippen LogP contribution is -2.52. The fourth-order valence-electron chi connectivity index (χ4n) is 6.38. The molecule has 168 valence electrons. The van der Waals surface area contributed by atoms with Crippen molar-refractivity contribution in [2.75, 3.05) is 6.54 Å². The Kier molecular flexibility index (Phi) is 7.16. The molecule has 30 heavy (non-hydrogen) atoms. The summed E-state index contributed by atoms with van der Waals surface area (Å²) < 4.78 is 0. The number of carbonyl (C=O) groups excluding carboxylic acids is 2. The van der Waals surface area contributed by atoms with E-state index in [0.717, 1.165) is 37.0 Å². The maximum atomic E-state index is 12.9. The van der Waals surface area contributed by atoms with Gasteiger partial charge in [0, 0.05) is 31.7 Å².